The van der Waals surface area contributed by atoms with Gasteiger partial charge in [0.1, 0.15) is 4.60 Å². The van der Waals surface area contributed by atoms with Crippen LogP contribution in [0, 0.1) is 0 Å². The minimum atomic E-state index is 0.781. The van der Waals surface area contributed by atoms with Crippen molar-refractivity contribution < 1.29 is 0 Å². The molecule has 0 atom stereocenters. The molecule has 0 saturated carbocycles. The van der Waals surface area contributed by atoms with Gasteiger partial charge in [-0.25, -0.2) is 4.98 Å². The highest BCUT2D eigenvalue weighted by molar-refractivity contribution is 9.10. The molecule has 1 aromatic heterocycles. The molecule has 4 heteroatoms. The van der Waals surface area contributed by atoms with E-state index in [1.54, 1.807) is 6.20 Å². The third-order valence-corrected chi connectivity index (χ3v) is 3.26. The average Bonchev–Trinajstić information content (AvgIpc) is 2.28. The molecule has 2 aromatic rings. The molecule has 0 aliphatic rings. The molecule has 2 rings (SSSR count). The third kappa shape index (κ3) is 3.06. The zero-order chi connectivity index (χ0) is 11.4. The Morgan fingerprint density at radius 2 is 2.00 bits per heavy atom. The van der Waals surface area contributed by atoms with E-state index < -0.39 is 0 Å². The summed E-state index contributed by atoms with van der Waals surface area (Å²) in [4.78, 5) is 4.15. The summed E-state index contributed by atoms with van der Waals surface area (Å²) in [5.74, 6) is 0. The monoisotopic (exact) mass is 340 g/mol. The summed E-state index contributed by atoms with van der Waals surface area (Å²) in [5, 5.41) is 3.33. The van der Waals surface area contributed by atoms with Gasteiger partial charge >= 0.3 is 0 Å². The number of pyridine rings is 1. The predicted molar refractivity (Wildman–Crippen MR) is 73.4 cm³/mol. The fourth-order valence-corrected chi connectivity index (χ4v) is 2.20. The number of hydrogen-bond acceptors (Lipinski definition) is 2. The Morgan fingerprint density at radius 1 is 1.12 bits per heavy atom. The van der Waals surface area contributed by atoms with Gasteiger partial charge < -0.3 is 5.32 Å². The fraction of sp³-hybridized carbons (Fsp3) is 0.0833. The maximum absolute atomic E-state index is 4.15. The third-order valence-electron chi connectivity index (χ3n) is 2.13. The molecule has 2 nitrogen and oxygen atoms in total. The average molecular weight is 342 g/mol. The van der Waals surface area contributed by atoms with E-state index in [1.807, 2.05) is 24.3 Å². The van der Waals surface area contributed by atoms with E-state index in [0.29, 0.717) is 0 Å². The number of rotatable bonds is 3. The molecular weight excluding hydrogens is 332 g/mol. The van der Waals surface area contributed by atoms with Crippen molar-refractivity contribution in [3.8, 4) is 0 Å². The van der Waals surface area contributed by atoms with Crippen molar-refractivity contribution in [2.45, 2.75) is 6.54 Å². The van der Waals surface area contributed by atoms with Crippen LogP contribution in [0.3, 0.4) is 0 Å². The van der Waals surface area contributed by atoms with Gasteiger partial charge in [0.25, 0.3) is 0 Å². The quantitative estimate of drug-likeness (QED) is 0.845. The summed E-state index contributed by atoms with van der Waals surface area (Å²) in [5.41, 5.74) is 2.23. The lowest BCUT2D eigenvalue weighted by Gasteiger charge is -2.07. The number of nitrogens with one attached hydrogen (secondary N) is 1. The molecule has 0 aliphatic heterocycles. The van der Waals surface area contributed by atoms with Crippen molar-refractivity contribution >= 4 is 37.5 Å². The first-order valence-electron chi connectivity index (χ1n) is 4.84. The molecule has 0 aliphatic carbocycles. The SMILES string of the molecule is Brc1cccc(CNc2cccnc2Br)c1. The van der Waals surface area contributed by atoms with Crippen LogP contribution in [0.5, 0.6) is 0 Å². The first-order chi connectivity index (χ1) is 7.75. The lowest BCUT2D eigenvalue weighted by molar-refractivity contribution is 1.12. The second-order valence-electron chi connectivity index (χ2n) is 3.33. The minimum absolute atomic E-state index is 0.781. The van der Waals surface area contributed by atoms with Gasteiger partial charge in [0.2, 0.25) is 0 Å². The second-order valence-corrected chi connectivity index (χ2v) is 4.99. The van der Waals surface area contributed by atoms with E-state index in [2.05, 4.69) is 54.3 Å². The molecule has 0 amide bonds. The fourth-order valence-electron chi connectivity index (χ4n) is 1.36. The van der Waals surface area contributed by atoms with Gasteiger partial charge in [-0.2, -0.15) is 0 Å². The predicted octanol–water partition coefficient (Wildman–Crippen LogP) is 4.22. The van der Waals surface area contributed by atoms with Gasteiger partial charge in [0.15, 0.2) is 0 Å². The molecule has 0 bridgehead atoms. The summed E-state index contributed by atoms with van der Waals surface area (Å²) in [6, 6.07) is 12.1. The molecule has 0 spiro atoms. The van der Waals surface area contributed by atoms with Gasteiger partial charge in [-0.3, -0.25) is 0 Å². The van der Waals surface area contributed by atoms with E-state index in [4.69, 9.17) is 0 Å². The Hall–Kier alpha value is -0.870. The van der Waals surface area contributed by atoms with Crippen LogP contribution < -0.4 is 5.32 Å². The van der Waals surface area contributed by atoms with Crippen molar-refractivity contribution in [3.05, 3.63) is 57.2 Å². The molecule has 0 saturated heterocycles. The van der Waals surface area contributed by atoms with Gasteiger partial charge in [-0.05, 0) is 45.8 Å². The van der Waals surface area contributed by atoms with Gasteiger partial charge in [-0.1, -0.05) is 28.1 Å². The highest BCUT2D eigenvalue weighted by Crippen LogP contribution is 2.19. The van der Waals surface area contributed by atoms with Crippen LogP contribution in [0.2, 0.25) is 0 Å². The Kier molecular flexibility index (Phi) is 3.96. The number of benzene rings is 1. The minimum Gasteiger partial charge on any atom is -0.379 e. The van der Waals surface area contributed by atoms with Crippen LogP contribution in [0.25, 0.3) is 0 Å². The lowest BCUT2D eigenvalue weighted by atomic mass is 10.2. The number of anilines is 1. The van der Waals surface area contributed by atoms with E-state index >= 15 is 0 Å². The largest absolute Gasteiger partial charge is 0.379 e. The summed E-state index contributed by atoms with van der Waals surface area (Å²) >= 11 is 6.85. The van der Waals surface area contributed by atoms with Gasteiger partial charge in [0.05, 0.1) is 5.69 Å². The Balaban J connectivity index is 2.05. The molecule has 1 N–H and O–H groups in total. The molecule has 16 heavy (non-hydrogen) atoms. The number of nitrogens with zero attached hydrogens (tertiary/aromatic N) is 1. The van der Waals surface area contributed by atoms with E-state index in [9.17, 15) is 0 Å². The topological polar surface area (TPSA) is 24.9 Å². The second kappa shape index (κ2) is 5.46. The van der Waals surface area contributed by atoms with E-state index in [-0.39, 0.29) is 0 Å². The van der Waals surface area contributed by atoms with Gasteiger partial charge in [-0.15, -0.1) is 0 Å². The van der Waals surface area contributed by atoms with Gasteiger partial charge in [0, 0.05) is 17.2 Å². The molecule has 0 radical (unpaired) electrons. The molecule has 82 valence electrons. The smallest absolute Gasteiger partial charge is 0.129 e. The molecule has 0 unspecified atom stereocenters. The molecule has 1 aromatic carbocycles. The van der Waals surface area contributed by atoms with Crippen LogP contribution >= 0.6 is 31.9 Å². The summed E-state index contributed by atoms with van der Waals surface area (Å²) in [6.45, 7) is 0.781. The zero-order valence-corrected chi connectivity index (χ0v) is 11.6. The van der Waals surface area contributed by atoms with Crippen LogP contribution in [0.15, 0.2) is 51.7 Å². The summed E-state index contributed by atoms with van der Waals surface area (Å²) in [6.07, 6.45) is 1.76. The lowest BCUT2D eigenvalue weighted by Crippen LogP contribution is -2.00. The Bertz CT molecular complexity index is 486. The first kappa shape index (κ1) is 11.6. The van der Waals surface area contributed by atoms with Crippen LogP contribution in [-0.2, 0) is 6.54 Å². The standard InChI is InChI=1S/C12H10Br2N2/c13-10-4-1-3-9(7-10)8-16-11-5-2-6-15-12(11)14/h1-7,16H,8H2. The van der Waals surface area contributed by atoms with Crippen molar-refractivity contribution in [3.63, 3.8) is 0 Å². The summed E-state index contributed by atoms with van der Waals surface area (Å²) in [7, 11) is 0. The highest BCUT2D eigenvalue weighted by Gasteiger charge is 1.99. The van der Waals surface area contributed by atoms with Crippen molar-refractivity contribution in [2.24, 2.45) is 0 Å². The van der Waals surface area contributed by atoms with E-state index in [0.717, 1.165) is 21.3 Å². The normalized spacial score (nSPS) is 10.1. The van der Waals surface area contributed by atoms with Crippen molar-refractivity contribution in [1.29, 1.82) is 0 Å². The Labute approximate surface area is 111 Å². The molecule has 0 fully saturated rings. The van der Waals surface area contributed by atoms with Crippen molar-refractivity contribution in [1.82, 2.24) is 4.98 Å². The maximum atomic E-state index is 4.15. The first-order valence-corrected chi connectivity index (χ1v) is 6.43. The van der Waals surface area contributed by atoms with Crippen LogP contribution in [0.1, 0.15) is 5.56 Å². The summed E-state index contributed by atoms with van der Waals surface area (Å²) < 4.78 is 1.93. The number of halogens is 2. The highest BCUT2D eigenvalue weighted by atomic mass is 79.9. The molecular formula is C12H10Br2N2. The van der Waals surface area contributed by atoms with Crippen molar-refractivity contribution in [2.75, 3.05) is 5.32 Å². The number of aromatic nitrogens is 1. The maximum Gasteiger partial charge on any atom is 0.129 e. The molecule has 1 heterocycles. The number of hydrogen-bond donors (Lipinski definition) is 1. The Morgan fingerprint density at radius 3 is 2.75 bits per heavy atom. The van der Waals surface area contributed by atoms with E-state index in [1.165, 1.54) is 5.56 Å². The van der Waals surface area contributed by atoms with Crippen LogP contribution in [0.4, 0.5) is 5.69 Å². The zero-order valence-electron chi connectivity index (χ0n) is 8.45. The van der Waals surface area contributed by atoms with Crippen LogP contribution in [-0.4, -0.2) is 4.98 Å².